The van der Waals surface area contributed by atoms with Gasteiger partial charge in [-0.05, 0) is 41.8 Å². The molecule has 0 aliphatic rings. The Bertz CT molecular complexity index is 3510. The van der Waals surface area contributed by atoms with Crippen molar-refractivity contribution in [3.63, 3.8) is 0 Å². The first-order valence-electron chi connectivity index (χ1n) is 19.4. The normalized spacial score (nSPS) is 11.8. The topological polar surface area (TPSA) is 69.6 Å². The van der Waals surface area contributed by atoms with Crippen LogP contribution in [0.5, 0.6) is 0 Å². The first kappa shape index (κ1) is 32.3. The summed E-state index contributed by atoms with van der Waals surface area (Å²) in [6.45, 7) is 0. The Morgan fingerprint density at radius 2 is 0.897 bits per heavy atom. The molecule has 0 bridgehead atoms. The molecule has 0 radical (unpaired) electrons. The summed E-state index contributed by atoms with van der Waals surface area (Å²) in [6.07, 6.45) is 0. The highest BCUT2D eigenvalue weighted by molar-refractivity contribution is 6.20. The van der Waals surface area contributed by atoms with Gasteiger partial charge in [0, 0.05) is 54.6 Å². The van der Waals surface area contributed by atoms with Gasteiger partial charge in [-0.3, -0.25) is 0 Å². The maximum absolute atomic E-state index is 6.50. The van der Waals surface area contributed by atoms with Crippen LogP contribution in [0.3, 0.4) is 0 Å². The Labute approximate surface area is 332 Å². The van der Waals surface area contributed by atoms with Crippen LogP contribution in [0.4, 0.5) is 0 Å². The predicted octanol–water partition coefficient (Wildman–Crippen LogP) is 13.2. The van der Waals surface area contributed by atoms with Gasteiger partial charge < -0.3 is 8.98 Å². The van der Waals surface area contributed by atoms with Crippen LogP contribution in [0.1, 0.15) is 0 Å². The Kier molecular flexibility index (Phi) is 7.13. The minimum atomic E-state index is 0.589. The Morgan fingerprint density at radius 3 is 1.62 bits per heavy atom. The van der Waals surface area contributed by atoms with Gasteiger partial charge in [0.1, 0.15) is 11.3 Å². The third-order valence-corrected chi connectivity index (χ3v) is 11.3. The molecular formula is C52H31N5O. The van der Waals surface area contributed by atoms with Crippen molar-refractivity contribution in [2.75, 3.05) is 0 Å². The van der Waals surface area contributed by atoms with E-state index in [9.17, 15) is 0 Å². The van der Waals surface area contributed by atoms with E-state index in [1.807, 2.05) is 48.5 Å². The second-order valence-electron chi connectivity index (χ2n) is 14.6. The van der Waals surface area contributed by atoms with Crippen molar-refractivity contribution in [3.8, 4) is 51.1 Å². The molecule has 0 unspecified atom stereocenters. The molecule has 0 saturated heterocycles. The highest BCUT2D eigenvalue weighted by atomic mass is 16.3. The van der Waals surface area contributed by atoms with Gasteiger partial charge in [-0.15, -0.1) is 0 Å². The highest BCUT2D eigenvalue weighted by Crippen LogP contribution is 2.41. The van der Waals surface area contributed by atoms with Crippen molar-refractivity contribution in [2.24, 2.45) is 0 Å². The fourth-order valence-electron chi connectivity index (χ4n) is 8.60. The van der Waals surface area contributed by atoms with E-state index < -0.39 is 0 Å². The van der Waals surface area contributed by atoms with Crippen LogP contribution in [0.25, 0.3) is 117 Å². The van der Waals surface area contributed by atoms with Gasteiger partial charge in [0.2, 0.25) is 0 Å². The quantitative estimate of drug-likeness (QED) is 0.176. The molecular weight excluding hydrogens is 711 g/mol. The zero-order valence-electron chi connectivity index (χ0n) is 31.0. The minimum absolute atomic E-state index is 0.589. The average Bonchev–Trinajstić information content (AvgIpc) is 3.85. The first-order valence-corrected chi connectivity index (χ1v) is 19.4. The molecule has 0 amide bonds. The smallest absolute Gasteiger partial charge is 0.164 e. The van der Waals surface area contributed by atoms with Crippen LogP contribution >= 0.6 is 0 Å². The number of furan rings is 1. The van der Waals surface area contributed by atoms with Crippen molar-refractivity contribution in [1.29, 1.82) is 0 Å². The molecule has 12 rings (SSSR count). The fraction of sp³-hybridized carbons (Fsp3) is 0. The van der Waals surface area contributed by atoms with Crippen molar-refractivity contribution in [3.05, 3.63) is 188 Å². The lowest BCUT2D eigenvalue weighted by atomic mass is 10.0. The predicted molar refractivity (Wildman–Crippen MR) is 236 cm³/mol. The molecule has 0 saturated carbocycles. The molecule has 0 aliphatic heterocycles. The Morgan fingerprint density at radius 1 is 0.362 bits per heavy atom. The number of aromatic nitrogens is 5. The Balaban J connectivity index is 1.02. The summed E-state index contributed by atoms with van der Waals surface area (Å²) >= 11 is 0. The molecule has 0 aliphatic carbocycles. The number of para-hydroxylation sites is 4. The maximum atomic E-state index is 6.50. The van der Waals surface area contributed by atoms with Gasteiger partial charge in [-0.2, -0.15) is 0 Å². The number of nitrogens with zero attached hydrogens (tertiary/aromatic N) is 5. The van der Waals surface area contributed by atoms with Crippen LogP contribution in [0.2, 0.25) is 0 Å². The van der Waals surface area contributed by atoms with E-state index in [0.717, 1.165) is 77.2 Å². The van der Waals surface area contributed by atoms with Crippen LogP contribution < -0.4 is 0 Å². The summed E-state index contributed by atoms with van der Waals surface area (Å²) < 4.78 is 8.87. The first-order chi connectivity index (χ1) is 28.8. The lowest BCUT2D eigenvalue weighted by Crippen LogP contribution is -2.02. The van der Waals surface area contributed by atoms with Crippen molar-refractivity contribution in [2.45, 2.75) is 0 Å². The van der Waals surface area contributed by atoms with Gasteiger partial charge in [0.25, 0.3) is 0 Å². The van der Waals surface area contributed by atoms with Crippen molar-refractivity contribution in [1.82, 2.24) is 24.5 Å². The van der Waals surface area contributed by atoms with E-state index >= 15 is 0 Å². The summed E-state index contributed by atoms with van der Waals surface area (Å²) in [5.74, 6) is 1.81. The fourth-order valence-corrected chi connectivity index (χ4v) is 8.60. The summed E-state index contributed by atoms with van der Waals surface area (Å²) in [6, 6.07) is 65.0. The number of benzene rings is 8. The third kappa shape index (κ3) is 4.98. The van der Waals surface area contributed by atoms with Gasteiger partial charge >= 0.3 is 0 Å². The largest absolute Gasteiger partial charge is 0.454 e. The molecule has 6 nitrogen and oxygen atoms in total. The molecule has 6 heteroatoms. The number of hydrogen-bond donors (Lipinski definition) is 0. The number of fused-ring (bicyclic) bond motifs is 9. The molecule has 58 heavy (non-hydrogen) atoms. The summed E-state index contributed by atoms with van der Waals surface area (Å²) in [7, 11) is 0. The second kappa shape index (κ2) is 12.8. The van der Waals surface area contributed by atoms with Crippen LogP contribution in [-0.4, -0.2) is 24.5 Å². The zero-order chi connectivity index (χ0) is 38.2. The van der Waals surface area contributed by atoms with E-state index in [4.69, 9.17) is 24.4 Å². The van der Waals surface area contributed by atoms with Gasteiger partial charge in [-0.25, -0.2) is 19.9 Å². The molecule has 4 aromatic heterocycles. The monoisotopic (exact) mass is 741 g/mol. The van der Waals surface area contributed by atoms with Gasteiger partial charge in [0.15, 0.2) is 23.1 Å². The summed E-state index contributed by atoms with van der Waals surface area (Å²) in [5.41, 5.74) is 10.4. The van der Waals surface area contributed by atoms with Gasteiger partial charge in [0.05, 0.1) is 22.2 Å². The van der Waals surface area contributed by atoms with Gasteiger partial charge in [-0.1, -0.05) is 152 Å². The van der Waals surface area contributed by atoms with Crippen molar-refractivity contribution >= 4 is 65.4 Å². The van der Waals surface area contributed by atoms with Crippen LogP contribution in [0.15, 0.2) is 192 Å². The minimum Gasteiger partial charge on any atom is -0.454 e. The van der Waals surface area contributed by atoms with Crippen molar-refractivity contribution < 1.29 is 4.42 Å². The molecule has 0 atom stereocenters. The SMILES string of the molecule is c1ccc(-c2nc(-c3ccc(-c4nc5ccccc5c5c4oc4ccccc45)cc3)nc(-c3ccc(-n4c5ccccc5c5ccccc54)c4ccccc34)n2)cc1. The third-order valence-electron chi connectivity index (χ3n) is 11.3. The number of hydrogen-bond acceptors (Lipinski definition) is 5. The lowest BCUT2D eigenvalue weighted by molar-refractivity contribution is 0.669. The average molecular weight is 742 g/mol. The lowest BCUT2D eigenvalue weighted by Gasteiger charge is -2.15. The maximum Gasteiger partial charge on any atom is 0.164 e. The van der Waals surface area contributed by atoms with E-state index in [-0.39, 0.29) is 0 Å². The molecule has 0 spiro atoms. The zero-order valence-corrected chi connectivity index (χ0v) is 31.0. The standard InChI is InChI=1S/C52H31N5O/c1-2-14-33(15-3-1)50-54-51(34-28-26-32(27-29-34)48-49-47(40-20-6-10-22-42(40)53-48)41-21-9-13-25-46(41)58-49)56-52(55-50)39-30-31-45(36-17-5-4-16-35(36)39)57-43-23-11-7-18-37(43)38-19-8-12-24-44(38)57/h1-31H. The number of rotatable bonds is 5. The van der Waals surface area contributed by atoms with E-state index in [1.165, 1.54) is 21.8 Å². The Hall–Kier alpha value is -7.96. The molecule has 12 aromatic rings. The highest BCUT2D eigenvalue weighted by Gasteiger charge is 2.20. The number of pyridine rings is 1. The second-order valence-corrected chi connectivity index (χ2v) is 14.6. The van der Waals surface area contributed by atoms with E-state index in [2.05, 4.69) is 144 Å². The summed E-state index contributed by atoms with van der Waals surface area (Å²) in [4.78, 5) is 20.5. The molecule has 8 aromatic carbocycles. The van der Waals surface area contributed by atoms with E-state index in [0.29, 0.717) is 17.5 Å². The summed E-state index contributed by atoms with van der Waals surface area (Å²) in [5, 5.41) is 7.85. The van der Waals surface area contributed by atoms with E-state index in [1.54, 1.807) is 0 Å². The molecule has 270 valence electrons. The van der Waals surface area contributed by atoms with Crippen LogP contribution in [0, 0.1) is 0 Å². The van der Waals surface area contributed by atoms with Crippen LogP contribution in [-0.2, 0) is 0 Å². The molecule has 0 N–H and O–H groups in total. The molecule has 4 heterocycles. The molecule has 0 fully saturated rings.